The van der Waals surface area contributed by atoms with Crippen LogP contribution in [-0.4, -0.2) is 53.6 Å². The molecule has 0 aromatic carbocycles. The first-order chi connectivity index (χ1) is 9.21. The zero-order valence-electron chi connectivity index (χ0n) is 11.4. The molecule has 1 aromatic rings. The molecule has 1 aliphatic rings. The van der Waals surface area contributed by atoms with Crippen molar-refractivity contribution in [3.8, 4) is 0 Å². The van der Waals surface area contributed by atoms with Crippen LogP contribution in [0.3, 0.4) is 0 Å². The van der Waals surface area contributed by atoms with Gasteiger partial charge in [0.05, 0.1) is 6.54 Å². The average Bonchev–Trinajstić information content (AvgIpc) is 2.88. The molecule has 1 aromatic heterocycles. The minimum Gasteiger partial charge on any atom is -0.409 e. The Morgan fingerprint density at radius 3 is 2.47 bits per heavy atom. The molecule has 0 bridgehead atoms. The SMILES string of the molecule is CCc1ccc(CN2CCN(CC(N)=NO)CC2)s1. The predicted octanol–water partition coefficient (Wildman–Crippen LogP) is 1.17. The van der Waals surface area contributed by atoms with Crippen LogP contribution in [0.25, 0.3) is 0 Å². The maximum Gasteiger partial charge on any atom is 0.153 e. The second-order valence-electron chi connectivity index (χ2n) is 4.87. The van der Waals surface area contributed by atoms with Gasteiger partial charge in [0.1, 0.15) is 0 Å². The molecular formula is C13H22N4OS. The van der Waals surface area contributed by atoms with Gasteiger partial charge in [0.2, 0.25) is 0 Å². The van der Waals surface area contributed by atoms with E-state index in [0.717, 1.165) is 39.1 Å². The Bertz CT molecular complexity index is 424. The minimum atomic E-state index is 0.291. The Morgan fingerprint density at radius 2 is 1.89 bits per heavy atom. The Kier molecular flexibility index (Phi) is 5.18. The van der Waals surface area contributed by atoms with Crippen LogP contribution in [0.15, 0.2) is 17.3 Å². The highest BCUT2D eigenvalue weighted by Gasteiger charge is 2.18. The van der Waals surface area contributed by atoms with E-state index < -0.39 is 0 Å². The van der Waals surface area contributed by atoms with Crippen molar-refractivity contribution in [2.45, 2.75) is 19.9 Å². The Labute approximate surface area is 118 Å². The molecule has 2 rings (SSSR count). The molecular weight excluding hydrogens is 260 g/mol. The van der Waals surface area contributed by atoms with E-state index in [-0.39, 0.29) is 0 Å². The molecule has 0 unspecified atom stereocenters. The summed E-state index contributed by atoms with van der Waals surface area (Å²) in [5.74, 6) is 0.291. The molecule has 6 heteroatoms. The van der Waals surface area contributed by atoms with Crippen molar-refractivity contribution in [3.63, 3.8) is 0 Å². The van der Waals surface area contributed by atoms with Gasteiger partial charge in [-0.3, -0.25) is 9.80 Å². The zero-order valence-corrected chi connectivity index (χ0v) is 12.2. The molecule has 1 aliphatic heterocycles. The second kappa shape index (κ2) is 6.88. The van der Waals surface area contributed by atoms with Crippen LogP contribution in [0.4, 0.5) is 0 Å². The van der Waals surface area contributed by atoms with E-state index in [2.05, 4.69) is 34.0 Å². The third-order valence-corrected chi connectivity index (χ3v) is 4.64. The van der Waals surface area contributed by atoms with Gasteiger partial charge in [-0.1, -0.05) is 12.1 Å². The van der Waals surface area contributed by atoms with Crippen LogP contribution in [0, 0.1) is 0 Å². The van der Waals surface area contributed by atoms with Gasteiger partial charge in [-0.25, -0.2) is 0 Å². The third-order valence-electron chi connectivity index (χ3n) is 3.42. The number of oxime groups is 1. The number of nitrogens with two attached hydrogens (primary N) is 1. The van der Waals surface area contributed by atoms with Crippen LogP contribution < -0.4 is 5.73 Å². The molecule has 3 N–H and O–H groups in total. The number of thiophene rings is 1. The molecule has 0 amide bonds. The molecule has 1 saturated heterocycles. The average molecular weight is 282 g/mol. The first-order valence-corrected chi connectivity index (χ1v) is 7.51. The standard InChI is InChI=1S/C13H22N4OS/c1-2-11-3-4-12(19-11)9-16-5-7-17(8-6-16)10-13(14)15-18/h3-4,18H,2,5-10H2,1H3,(H2,14,15). The predicted molar refractivity (Wildman–Crippen MR) is 78.8 cm³/mol. The molecule has 19 heavy (non-hydrogen) atoms. The summed E-state index contributed by atoms with van der Waals surface area (Å²) in [6.07, 6.45) is 1.12. The highest BCUT2D eigenvalue weighted by molar-refractivity contribution is 7.11. The number of piperazine rings is 1. The maximum absolute atomic E-state index is 8.57. The molecule has 0 spiro atoms. The molecule has 0 aliphatic carbocycles. The monoisotopic (exact) mass is 282 g/mol. The van der Waals surface area contributed by atoms with Gasteiger partial charge in [-0.15, -0.1) is 11.3 Å². The Balaban J connectivity index is 1.77. The normalized spacial score (nSPS) is 18.9. The topological polar surface area (TPSA) is 65.1 Å². The van der Waals surface area contributed by atoms with Gasteiger partial charge in [0, 0.05) is 42.5 Å². The molecule has 1 fully saturated rings. The van der Waals surface area contributed by atoms with Gasteiger partial charge < -0.3 is 10.9 Å². The quantitative estimate of drug-likeness (QED) is 0.368. The van der Waals surface area contributed by atoms with Crippen molar-refractivity contribution in [2.24, 2.45) is 10.9 Å². The highest BCUT2D eigenvalue weighted by Crippen LogP contribution is 2.19. The summed E-state index contributed by atoms with van der Waals surface area (Å²) in [5.41, 5.74) is 5.53. The van der Waals surface area contributed by atoms with E-state index in [1.807, 2.05) is 11.3 Å². The fourth-order valence-corrected chi connectivity index (χ4v) is 3.28. The van der Waals surface area contributed by atoms with Gasteiger partial charge in [-0.2, -0.15) is 0 Å². The lowest BCUT2D eigenvalue weighted by Crippen LogP contribution is -2.48. The summed E-state index contributed by atoms with van der Waals surface area (Å²) in [5, 5.41) is 11.6. The molecule has 0 radical (unpaired) electrons. The fourth-order valence-electron chi connectivity index (χ4n) is 2.28. The number of hydrogen-bond donors (Lipinski definition) is 2. The van der Waals surface area contributed by atoms with Crippen molar-refractivity contribution in [2.75, 3.05) is 32.7 Å². The van der Waals surface area contributed by atoms with E-state index in [9.17, 15) is 0 Å². The lowest BCUT2D eigenvalue weighted by molar-refractivity contribution is 0.140. The number of nitrogens with zero attached hydrogens (tertiary/aromatic N) is 3. The summed E-state index contributed by atoms with van der Waals surface area (Å²) in [6, 6.07) is 4.47. The lowest BCUT2D eigenvalue weighted by atomic mass is 10.3. The number of rotatable bonds is 5. The first-order valence-electron chi connectivity index (χ1n) is 6.70. The first kappa shape index (κ1) is 14.3. The van der Waals surface area contributed by atoms with E-state index in [0.29, 0.717) is 12.4 Å². The van der Waals surface area contributed by atoms with Crippen molar-refractivity contribution in [3.05, 3.63) is 21.9 Å². The summed E-state index contributed by atoms with van der Waals surface area (Å²) < 4.78 is 0. The molecule has 2 heterocycles. The summed E-state index contributed by atoms with van der Waals surface area (Å²) in [6.45, 7) is 7.83. The minimum absolute atomic E-state index is 0.291. The molecule has 0 saturated carbocycles. The fraction of sp³-hybridized carbons (Fsp3) is 0.615. The van der Waals surface area contributed by atoms with E-state index >= 15 is 0 Å². The van der Waals surface area contributed by atoms with Crippen LogP contribution in [0.5, 0.6) is 0 Å². The summed E-state index contributed by atoms with van der Waals surface area (Å²) in [4.78, 5) is 7.59. The number of aryl methyl sites for hydroxylation is 1. The molecule has 5 nitrogen and oxygen atoms in total. The second-order valence-corrected chi connectivity index (χ2v) is 6.12. The molecule has 0 atom stereocenters. The summed E-state index contributed by atoms with van der Waals surface area (Å²) >= 11 is 1.91. The van der Waals surface area contributed by atoms with Crippen LogP contribution in [-0.2, 0) is 13.0 Å². The zero-order chi connectivity index (χ0) is 13.7. The van der Waals surface area contributed by atoms with E-state index in [4.69, 9.17) is 10.9 Å². The van der Waals surface area contributed by atoms with Crippen LogP contribution in [0.2, 0.25) is 0 Å². The van der Waals surface area contributed by atoms with Crippen molar-refractivity contribution < 1.29 is 5.21 Å². The third kappa shape index (κ3) is 4.19. The number of amidine groups is 1. The van der Waals surface area contributed by atoms with E-state index in [1.54, 1.807) is 0 Å². The van der Waals surface area contributed by atoms with E-state index in [1.165, 1.54) is 9.75 Å². The maximum atomic E-state index is 8.57. The largest absolute Gasteiger partial charge is 0.409 e. The van der Waals surface area contributed by atoms with Gasteiger partial charge >= 0.3 is 0 Å². The number of hydrogen-bond acceptors (Lipinski definition) is 5. The van der Waals surface area contributed by atoms with Gasteiger partial charge in [0.25, 0.3) is 0 Å². The Hall–Kier alpha value is -1.11. The van der Waals surface area contributed by atoms with Gasteiger partial charge in [0.15, 0.2) is 5.84 Å². The van der Waals surface area contributed by atoms with Crippen LogP contribution >= 0.6 is 11.3 Å². The van der Waals surface area contributed by atoms with Crippen molar-refractivity contribution in [1.29, 1.82) is 0 Å². The lowest BCUT2D eigenvalue weighted by Gasteiger charge is -2.34. The smallest absolute Gasteiger partial charge is 0.153 e. The Morgan fingerprint density at radius 1 is 1.26 bits per heavy atom. The molecule has 106 valence electrons. The summed E-state index contributed by atoms with van der Waals surface area (Å²) in [7, 11) is 0. The van der Waals surface area contributed by atoms with Crippen molar-refractivity contribution >= 4 is 17.2 Å². The highest BCUT2D eigenvalue weighted by atomic mass is 32.1. The van der Waals surface area contributed by atoms with Crippen molar-refractivity contribution in [1.82, 2.24) is 9.80 Å². The van der Waals surface area contributed by atoms with Gasteiger partial charge in [-0.05, 0) is 18.6 Å². The van der Waals surface area contributed by atoms with Crippen LogP contribution in [0.1, 0.15) is 16.7 Å².